The number of aliphatic hydroxyl groups excluding tert-OH is 1. The van der Waals surface area contributed by atoms with Gasteiger partial charge in [0.15, 0.2) is 0 Å². The minimum absolute atomic E-state index is 0.391. The fourth-order valence-electron chi connectivity index (χ4n) is 1.69. The van der Waals surface area contributed by atoms with Gasteiger partial charge in [0.05, 0.1) is 12.2 Å². The Morgan fingerprint density at radius 3 is 2.77 bits per heavy atom. The maximum absolute atomic E-state index is 11.8. The monoisotopic (exact) mass is 194 g/mol. The van der Waals surface area contributed by atoms with Gasteiger partial charge in [0.2, 0.25) is 0 Å². The van der Waals surface area contributed by atoms with Crippen LogP contribution in [0.25, 0.3) is 0 Å². The Bertz CT molecular complexity index is 153. The lowest BCUT2D eigenvalue weighted by Crippen LogP contribution is -2.36. The summed E-state index contributed by atoms with van der Waals surface area (Å²) in [4.78, 5) is 0. The molecule has 0 heterocycles. The van der Waals surface area contributed by atoms with Crippen LogP contribution >= 0.6 is 0 Å². The highest BCUT2D eigenvalue weighted by molar-refractivity contribution is 4.78. The van der Waals surface area contributed by atoms with Gasteiger partial charge in [-0.2, -0.15) is 0 Å². The van der Waals surface area contributed by atoms with Crippen LogP contribution in [0.5, 0.6) is 0 Å². The molecular weight excluding hydrogens is 178 g/mol. The molecule has 1 aliphatic carbocycles. The van der Waals surface area contributed by atoms with E-state index in [1.165, 1.54) is 0 Å². The molecule has 1 fully saturated rings. The van der Waals surface area contributed by atoms with Crippen molar-refractivity contribution < 1.29 is 18.6 Å². The Labute approximate surface area is 76.9 Å². The van der Waals surface area contributed by atoms with Gasteiger partial charge in [0.1, 0.15) is 6.61 Å². The molecule has 4 heteroatoms. The Hall–Kier alpha value is -0.220. The number of halogens is 2. The fourth-order valence-corrected chi connectivity index (χ4v) is 1.69. The summed E-state index contributed by atoms with van der Waals surface area (Å²) in [6, 6.07) is 0. The number of rotatable bonds is 3. The Morgan fingerprint density at radius 1 is 1.46 bits per heavy atom. The van der Waals surface area contributed by atoms with Crippen molar-refractivity contribution in [3.8, 4) is 0 Å². The summed E-state index contributed by atoms with van der Waals surface area (Å²) in [5.74, 6) is 0.464. The largest absolute Gasteiger partial charge is 0.390 e. The molecule has 0 aliphatic heterocycles. The number of hydrogen-bond acceptors (Lipinski definition) is 2. The highest BCUT2D eigenvalue weighted by Gasteiger charge is 2.28. The van der Waals surface area contributed by atoms with Gasteiger partial charge in [-0.1, -0.05) is 6.92 Å². The molecule has 13 heavy (non-hydrogen) atoms. The molecule has 3 unspecified atom stereocenters. The van der Waals surface area contributed by atoms with Crippen LogP contribution in [0.15, 0.2) is 0 Å². The zero-order chi connectivity index (χ0) is 9.84. The van der Waals surface area contributed by atoms with Crippen molar-refractivity contribution in [2.75, 3.05) is 6.61 Å². The lowest BCUT2D eigenvalue weighted by Gasteiger charge is -2.31. The Balaban J connectivity index is 2.29. The summed E-state index contributed by atoms with van der Waals surface area (Å²) in [6.07, 6.45) is -1.09. The third-order valence-corrected chi connectivity index (χ3v) is 2.46. The summed E-state index contributed by atoms with van der Waals surface area (Å²) in [6.45, 7) is 1.49. The minimum atomic E-state index is -2.44. The van der Waals surface area contributed by atoms with Gasteiger partial charge < -0.3 is 9.84 Å². The van der Waals surface area contributed by atoms with E-state index in [9.17, 15) is 13.9 Å². The minimum Gasteiger partial charge on any atom is -0.390 e. The molecule has 0 saturated heterocycles. The quantitative estimate of drug-likeness (QED) is 0.742. The molecule has 0 bridgehead atoms. The lowest BCUT2D eigenvalue weighted by atomic mass is 9.86. The first-order chi connectivity index (χ1) is 6.09. The van der Waals surface area contributed by atoms with Crippen LogP contribution in [0.1, 0.15) is 26.2 Å². The molecule has 1 saturated carbocycles. The van der Waals surface area contributed by atoms with Gasteiger partial charge in [-0.05, 0) is 25.2 Å². The van der Waals surface area contributed by atoms with Crippen molar-refractivity contribution in [1.82, 2.24) is 0 Å². The van der Waals surface area contributed by atoms with Crippen molar-refractivity contribution in [2.45, 2.75) is 44.8 Å². The summed E-state index contributed by atoms with van der Waals surface area (Å²) in [5.41, 5.74) is 0. The summed E-state index contributed by atoms with van der Waals surface area (Å²) in [5, 5.41) is 9.43. The molecule has 0 aromatic rings. The van der Waals surface area contributed by atoms with Crippen molar-refractivity contribution >= 4 is 0 Å². The predicted octanol–water partition coefficient (Wildman–Crippen LogP) is 1.82. The summed E-state index contributed by atoms with van der Waals surface area (Å²) < 4.78 is 28.5. The van der Waals surface area contributed by atoms with Crippen LogP contribution in [0.2, 0.25) is 0 Å². The molecule has 1 rings (SSSR count). The van der Waals surface area contributed by atoms with Gasteiger partial charge in [0.25, 0.3) is 6.43 Å². The fraction of sp³-hybridized carbons (Fsp3) is 1.00. The van der Waals surface area contributed by atoms with Gasteiger partial charge >= 0.3 is 0 Å². The predicted molar refractivity (Wildman–Crippen MR) is 44.8 cm³/mol. The van der Waals surface area contributed by atoms with E-state index >= 15 is 0 Å². The molecule has 2 nitrogen and oxygen atoms in total. The summed E-state index contributed by atoms with van der Waals surface area (Å²) >= 11 is 0. The van der Waals surface area contributed by atoms with Gasteiger partial charge in [-0.15, -0.1) is 0 Å². The van der Waals surface area contributed by atoms with E-state index in [-0.39, 0.29) is 0 Å². The molecule has 1 N–H and O–H groups in total. The molecule has 0 amide bonds. The van der Waals surface area contributed by atoms with Crippen LogP contribution in [-0.2, 0) is 4.74 Å². The first-order valence-electron chi connectivity index (χ1n) is 4.67. The number of hydrogen-bond donors (Lipinski definition) is 1. The molecule has 78 valence electrons. The van der Waals surface area contributed by atoms with E-state index < -0.39 is 25.2 Å². The van der Waals surface area contributed by atoms with E-state index in [0.29, 0.717) is 18.8 Å². The zero-order valence-electron chi connectivity index (χ0n) is 7.75. The number of alkyl halides is 2. The number of aliphatic hydroxyl groups is 1. The van der Waals surface area contributed by atoms with Crippen LogP contribution in [0.4, 0.5) is 8.78 Å². The van der Waals surface area contributed by atoms with Crippen LogP contribution in [0, 0.1) is 5.92 Å². The molecule has 0 spiro atoms. The van der Waals surface area contributed by atoms with Crippen molar-refractivity contribution in [2.24, 2.45) is 5.92 Å². The maximum Gasteiger partial charge on any atom is 0.261 e. The Kier molecular flexibility index (Phi) is 4.06. The second-order valence-electron chi connectivity index (χ2n) is 3.75. The molecule has 0 aromatic heterocycles. The lowest BCUT2D eigenvalue weighted by molar-refractivity contribution is -0.0975. The van der Waals surface area contributed by atoms with Crippen LogP contribution in [-0.4, -0.2) is 30.3 Å². The van der Waals surface area contributed by atoms with E-state index in [1.807, 2.05) is 6.92 Å². The molecule has 0 radical (unpaired) electrons. The summed E-state index contributed by atoms with van der Waals surface area (Å²) in [7, 11) is 0. The molecule has 3 atom stereocenters. The van der Waals surface area contributed by atoms with Gasteiger partial charge in [-0.3, -0.25) is 0 Å². The molecule has 1 aliphatic rings. The normalized spacial score (nSPS) is 35.3. The van der Waals surface area contributed by atoms with Gasteiger partial charge in [-0.25, -0.2) is 8.78 Å². The second kappa shape index (κ2) is 4.86. The van der Waals surface area contributed by atoms with E-state index in [2.05, 4.69) is 0 Å². The first kappa shape index (κ1) is 10.9. The molecule has 0 aromatic carbocycles. The van der Waals surface area contributed by atoms with Crippen molar-refractivity contribution in [3.05, 3.63) is 0 Å². The van der Waals surface area contributed by atoms with Crippen molar-refractivity contribution in [3.63, 3.8) is 0 Å². The topological polar surface area (TPSA) is 29.5 Å². The van der Waals surface area contributed by atoms with Crippen molar-refractivity contribution in [1.29, 1.82) is 0 Å². The van der Waals surface area contributed by atoms with E-state index in [1.54, 1.807) is 0 Å². The smallest absolute Gasteiger partial charge is 0.261 e. The van der Waals surface area contributed by atoms with Crippen LogP contribution in [0.3, 0.4) is 0 Å². The van der Waals surface area contributed by atoms with E-state index in [0.717, 1.165) is 6.42 Å². The Morgan fingerprint density at radius 2 is 2.15 bits per heavy atom. The highest BCUT2D eigenvalue weighted by atomic mass is 19.3. The number of ether oxygens (including phenoxy) is 1. The third kappa shape index (κ3) is 3.56. The second-order valence-corrected chi connectivity index (χ2v) is 3.75. The highest BCUT2D eigenvalue weighted by Crippen LogP contribution is 2.26. The average molecular weight is 194 g/mol. The maximum atomic E-state index is 11.8. The van der Waals surface area contributed by atoms with Crippen LogP contribution < -0.4 is 0 Å². The third-order valence-electron chi connectivity index (χ3n) is 2.46. The first-order valence-corrected chi connectivity index (χ1v) is 4.67. The molecular formula is C9H16F2O2. The van der Waals surface area contributed by atoms with Gasteiger partial charge in [0, 0.05) is 0 Å². The standard InChI is InChI=1S/C9H16F2O2/c1-6-2-3-7(12)8(4-6)13-5-9(10)11/h6-9,12H,2-5H2,1H3. The zero-order valence-corrected chi connectivity index (χ0v) is 7.75. The van der Waals surface area contributed by atoms with E-state index in [4.69, 9.17) is 4.74 Å². The average Bonchev–Trinajstić information content (AvgIpc) is 2.06. The SMILES string of the molecule is CC1CCC(O)C(OCC(F)F)C1.